The topological polar surface area (TPSA) is 237 Å². The third kappa shape index (κ3) is 79.1. The Balaban J connectivity index is 5.27. The molecular weight excluding hydrogens is 1390 g/mol. The number of carbonyl (C=O) groups excluding carboxylic acids is 4. The van der Waals surface area contributed by atoms with Crippen molar-refractivity contribution < 1.29 is 80.2 Å². The zero-order valence-corrected chi connectivity index (χ0v) is 72.6. The average Bonchev–Trinajstić information content (AvgIpc) is 0.900. The van der Waals surface area contributed by atoms with E-state index in [-0.39, 0.29) is 25.7 Å². The van der Waals surface area contributed by atoms with Crippen LogP contribution < -0.4 is 0 Å². The molecule has 0 fully saturated rings. The lowest BCUT2D eigenvalue weighted by atomic mass is 9.99. The summed E-state index contributed by atoms with van der Waals surface area (Å²) >= 11 is 0. The second-order valence-electron chi connectivity index (χ2n) is 33.1. The predicted octanol–water partition coefficient (Wildman–Crippen LogP) is 26.7. The number of aliphatic hydroxyl groups is 1. The molecule has 0 heterocycles. The van der Waals surface area contributed by atoms with Crippen molar-refractivity contribution in [2.24, 2.45) is 23.7 Å². The predicted molar refractivity (Wildman–Crippen MR) is 441 cm³/mol. The van der Waals surface area contributed by atoms with Crippen LogP contribution in [0.4, 0.5) is 0 Å². The van der Waals surface area contributed by atoms with Gasteiger partial charge in [-0.25, -0.2) is 9.13 Å². The summed E-state index contributed by atoms with van der Waals surface area (Å²) in [4.78, 5) is 73.3. The smallest absolute Gasteiger partial charge is 0.462 e. The molecule has 0 saturated carbocycles. The molecule has 0 spiro atoms. The van der Waals surface area contributed by atoms with E-state index in [0.717, 1.165) is 114 Å². The summed E-state index contributed by atoms with van der Waals surface area (Å²) in [5, 5.41) is 10.7. The molecule has 0 aromatic rings. The summed E-state index contributed by atoms with van der Waals surface area (Å²) in [5.41, 5.74) is 0. The Kier molecular flexibility index (Phi) is 75.3. The summed E-state index contributed by atoms with van der Waals surface area (Å²) in [6.45, 7) is 14.4. The van der Waals surface area contributed by atoms with Gasteiger partial charge in [-0.1, -0.05) is 409 Å². The van der Waals surface area contributed by atoms with Crippen molar-refractivity contribution in [3.8, 4) is 0 Å². The lowest BCUT2D eigenvalue weighted by molar-refractivity contribution is -0.161. The molecule has 0 aliphatic rings. The summed E-state index contributed by atoms with van der Waals surface area (Å²) < 4.78 is 69.0. The SMILES string of the molecule is CCC(C)CCCCCCCCCCCCCCCCC(=O)O[C@H](COC(=O)CCCCCCCCCCC(C)CC)COP(=O)(O)OC[C@H](O)COP(=O)(O)OC[C@@H](COC(=O)CCCCCCCCCCCCCCCCCC(C)C)OC(=O)CCCCCCCCCCCCCCCCCCC(C)C. The van der Waals surface area contributed by atoms with Crippen molar-refractivity contribution >= 4 is 39.5 Å². The minimum Gasteiger partial charge on any atom is -0.462 e. The maximum atomic E-state index is 13.2. The monoisotopic (exact) mass is 1560 g/mol. The van der Waals surface area contributed by atoms with Crippen LogP contribution in [-0.2, 0) is 65.4 Å². The first-order valence-corrected chi connectivity index (χ1v) is 48.3. The molecule has 0 aliphatic carbocycles. The summed E-state index contributed by atoms with van der Waals surface area (Å²) in [6.07, 6.45) is 66.5. The molecular formula is C88H172O17P2. The molecule has 0 aromatic carbocycles. The van der Waals surface area contributed by atoms with Crippen molar-refractivity contribution in [2.45, 2.75) is 478 Å². The average molecular weight is 1560 g/mol. The Bertz CT molecular complexity index is 2080. The van der Waals surface area contributed by atoms with Gasteiger partial charge in [-0.05, 0) is 49.4 Å². The van der Waals surface area contributed by atoms with Crippen LogP contribution in [0.15, 0.2) is 0 Å². The van der Waals surface area contributed by atoms with Crippen molar-refractivity contribution in [2.75, 3.05) is 39.6 Å². The van der Waals surface area contributed by atoms with Crippen LogP contribution in [0.3, 0.4) is 0 Å². The van der Waals surface area contributed by atoms with Crippen molar-refractivity contribution in [3.05, 3.63) is 0 Å². The molecule has 0 aliphatic heterocycles. The largest absolute Gasteiger partial charge is 0.472 e. The van der Waals surface area contributed by atoms with Gasteiger partial charge in [0.15, 0.2) is 12.2 Å². The van der Waals surface area contributed by atoms with Crippen LogP contribution in [0.1, 0.15) is 460 Å². The molecule has 0 amide bonds. The van der Waals surface area contributed by atoms with Gasteiger partial charge >= 0.3 is 39.5 Å². The van der Waals surface area contributed by atoms with E-state index in [0.29, 0.717) is 25.7 Å². The van der Waals surface area contributed by atoms with Gasteiger partial charge in [-0.3, -0.25) is 37.3 Å². The summed E-state index contributed by atoms with van der Waals surface area (Å²) in [5.74, 6) is 1.13. The van der Waals surface area contributed by atoms with E-state index in [2.05, 4.69) is 55.4 Å². The fourth-order valence-electron chi connectivity index (χ4n) is 13.6. The quantitative estimate of drug-likeness (QED) is 0.0222. The number of esters is 4. The first kappa shape index (κ1) is 105. The van der Waals surface area contributed by atoms with Gasteiger partial charge in [0, 0.05) is 25.7 Å². The Morgan fingerprint density at radius 2 is 0.449 bits per heavy atom. The van der Waals surface area contributed by atoms with Gasteiger partial charge in [-0.15, -0.1) is 0 Å². The van der Waals surface area contributed by atoms with Crippen molar-refractivity contribution in [1.29, 1.82) is 0 Å². The van der Waals surface area contributed by atoms with Crippen LogP contribution in [0, 0.1) is 23.7 Å². The number of aliphatic hydroxyl groups excluding tert-OH is 1. The Morgan fingerprint density at radius 3 is 0.664 bits per heavy atom. The number of unbranched alkanes of at least 4 members (excludes halogenated alkanes) is 49. The second kappa shape index (κ2) is 76.7. The molecule has 636 valence electrons. The van der Waals surface area contributed by atoms with Gasteiger partial charge in [-0.2, -0.15) is 0 Å². The van der Waals surface area contributed by atoms with E-state index in [1.807, 2.05) is 0 Å². The van der Waals surface area contributed by atoms with Crippen LogP contribution in [0.25, 0.3) is 0 Å². The highest BCUT2D eigenvalue weighted by molar-refractivity contribution is 7.47. The zero-order valence-electron chi connectivity index (χ0n) is 70.8. The molecule has 0 saturated heterocycles. The first-order chi connectivity index (χ1) is 51.7. The molecule has 19 heteroatoms. The normalized spacial score (nSPS) is 14.4. The Labute approximate surface area is 658 Å². The van der Waals surface area contributed by atoms with E-state index < -0.39 is 97.5 Å². The number of hydrogen-bond acceptors (Lipinski definition) is 15. The number of hydrogen-bond donors (Lipinski definition) is 3. The lowest BCUT2D eigenvalue weighted by Crippen LogP contribution is -2.30. The maximum absolute atomic E-state index is 13.2. The fraction of sp³-hybridized carbons (Fsp3) is 0.955. The number of phosphoric ester groups is 2. The zero-order chi connectivity index (χ0) is 78.8. The minimum atomic E-state index is -4.97. The molecule has 7 atom stereocenters. The standard InChI is InChI=1S/C88H172O17P2/c1-9-80(7)66-58-50-42-34-28-22-18-19-25-31-37-47-55-63-71-88(93)105-84(75-99-86(91)69-61-53-45-39-38-43-51-59-67-81(8)10-2)77-103-107(96,97)101-73-82(89)72-100-106(94,95)102-76-83(74-98-85(90)68-60-52-44-35-29-23-17-13-15-21-27-33-41-49-57-65-79(5)6)104-87(92)70-62-54-46-36-30-24-16-12-11-14-20-26-32-40-48-56-64-78(3)4/h78-84,89H,9-77H2,1-8H3,(H,94,95)(H,96,97)/t80?,81?,82-,83-,84-/m1/s1. The Morgan fingerprint density at radius 1 is 0.262 bits per heavy atom. The first-order valence-electron chi connectivity index (χ1n) is 45.3. The van der Waals surface area contributed by atoms with Gasteiger partial charge in [0.1, 0.15) is 19.3 Å². The van der Waals surface area contributed by atoms with Crippen LogP contribution in [-0.4, -0.2) is 96.7 Å². The molecule has 0 rings (SSSR count). The van der Waals surface area contributed by atoms with E-state index in [4.69, 9.17) is 37.0 Å². The third-order valence-corrected chi connectivity index (χ3v) is 23.2. The minimum absolute atomic E-state index is 0.107. The molecule has 17 nitrogen and oxygen atoms in total. The van der Waals surface area contributed by atoms with E-state index in [1.54, 1.807) is 0 Å². The molecule has 0 bridgehead atoms. The molecule has 3 N–H and O–H groups in total. The van der Waals surface area contributed by atoms with Gasteiger partial charge in [0.05, 0.1) is 26.4 Å². The number of ether oxygens (including phenoxy) is 4. The van der Waals surface area contributed by atoms with E-state index in [9.17, 15) is 43.2 Å². The fourth-order valence-corrected chi connectivity index (χ4v) is 15.2. The number of rotatable bonds is 85. The van der Waals surface area contributed by atoms with E-state index in [1.165, 1.54) is 263 Å². The molecule has 4 unspecified atom stereocenters. The lowest BCUT2D eigenvalue weighted by Gasteiger charge is -2.21. The van der Waals surface area contributed by atoms with Crippen LogP contribution in [0.5, 0.6) is 0 Å². The van der Waals surface area contributed by atoms with E-state index >= 15 is 0 Å². The summed E-state index contributed by atoms with van der Waals surface area (Å²) in [6, 6.07) is 0. The third-order valence-electron chi connectivity index (χ3n) is 21.3. The highest BCUT2D eigenvalue weighted by Gasteiger charge is 2.31. The van der Waals surface area contributed by atoms with Crippen LogP contribution >= 0.6 is 15.6 Å². The van der Waals surface area contributed by atoms with Gasteiger partial charge < -0.3 is 33.8 Å². The molecule has 107 heavy (non-hydrogen) atoms. The maximum Gasteiger partial charge on any atom is 0.472 e. The molecule has 0 radical (unpaired) electrons. The number of carbonyl (C=O) groups is 4. The van der Waals surface area contributed by atoms with Crippen LogP contribution in [0.2, 0.25) is 0 Å². The Hall–Kier alpha value is -1.94. The summed E-state index contributed by atoms with van der Waals surface area (Å²) in [7, 11) is -9.93. The highest BCUT2D eigenvalue weighted by atomic mass is 31.2. The number of phosphoric acid groups is 2. The second-order valence-corrected chi connectivity index (χ2v) is 36.0. The van der Waals surface area contributed by atoms with Crippen molar-refractivity contribution in [3.63, 3.8) is 0 Å². The van der Waals surface area contributed by atoms with Gasteiger partial charge in [0.25, 0.3) is 0 Å². The highest BCUT2D eigenvalue weighted by Crippen LogP contribution is 2.45. The molecule has 0 aromatic heterocycles. The van der Waals surface area contributed by atoms with Gasteiger partial charge in [0.2, 0.25) is 0 Å². The van der Waals surface area contributed by atoms with Crippen molar-refractivity contribution in [1.82, 2.24) is 0 Å².